The minimum atomic E-state index is -5.01. The van der Waals surface area contributed by atoms with Crippen LogP contribution in [0.15, 0.2) is 29.4 Å². The van der Waals surface area contributed by atoms with Crippen LogP contribution in [0.5, 0.6) is 0 Å². The fourth-order valence-corrected chi connectivity index (χ4v) is 3.54. The van der Waals surface area contributed by atoms with Crippen molar-refractivity contribution in [3.63, 3.8) is 0 Å². The fraction of sp³-hybridized carbons (Fsp3) is 0.500. The predicted octanol–water partition coefficient (Wildman–Crippen LogP) is 3.84. The van der Waals surface area contributed by atoms with E-state index in [2.05, 4.69) is 5.10 Å². The molecule has 1 amide bonds. The van der Waals surface area contributed by atoms with Gasteiger partial charge in [0, 0.05) is 16.3 Å². The Kier molecular flexibility index (Phi) is 4.12. The Labute approximate surface area is 141 Å². The molecule has 3 atom stereocenters. The Bertz CT molecular complexity index is 690. The molecule has 1 fully saturated rings. The van der Waals surface area contributed by atoms with Gasteiger partial charge in [0.2, 0.25) is 0 Å². The summed E-state index contributed by atoms with van der Waals surface area (Å²) in [5.41, 5.74) is -3.09. The normalized spacial score (nSPS) is 30.1. The second-order valence-electron chi connectivity index (χ2n) is 6.26. The van der Waals surface area contributed by atoms with Crippen LogP contribution in [0.1, 0.15) is 36.5 Å². The summed E-state index contributed by atoms with van der Waals surface area (Å²) in [6.45, 7) is 1.76. The second-order valence-corrected chi connectivity index (χ2v) is 6.69. The van der Waals surface area contributed by atoms with Gasteiger partial charge < -0.3 is 5.11 Å². The number of amides is 1. The van der Waals surface area contributed by atoms with Crippen molar-refractivity contribution >= 4 is 23.2 Å². The number of benzene rings is 1. The van der Waals surface area contributed by atoms with E-state index < -0.39 is 23.7 Å². The molecule has 1 saturated carbocycles. The van der Waals surface area contributed by atoms with Gasteiger partial charge in [-0.2, -0.15) is 23.3 Å². The Balaban J connectivity index is 2.06. The molecule has 0 radical (unpaired) electrons. The number of aliphatic hydroxyl groups is 1. The van der Waals surface area contributed by atoms with Gasteiger partial charge in [0.05, 0.1) is 5.92 Å². The van der Waals surface area contributed by atoms with E-state index >= 15 is 0 Å². The number of fused-ring (bicyclic) bond motifs is 1. The summed E-state index contributed by atoms with van der Waals surface area (Å²) in [6.07, 6.45) is -3.63. The van der Waals surface area contributed by atoms with Gasteiger partial charge in [-0.25, -0.2) is 0 Å². The molecule has 1 aliphatic carbocycles. The Morgan fingerprint density at radius 3 is 2.54 bits per heavy atom. The van der Waals surface area contributed by atoms with E-state index in [1.165, 1.54) is 24.3 Å². The van der Waals surface area contributed by atoms with Crippen molar-refractivity contribution in [1.29, 1.82) is 0 Å². The van der Waals surface area contributed by atoms with E-state index in [-0.39, 0.29) is 28.6 Å². The first-order chi connectivity index (χ1) is 11.2. The minimum Gasteiger partial charge on any atom is -0.362 e. The van der Waals surface area contributed by atoms with Crippen molar-refractivity contribution < 1.29 is 23.1 Å². The van der Waals surface area contributed by atoms with Gasteiger partial charge in [-0.05, 0) is 43.0 Å². The molecule has 24 heavy (non-hydrogen) atoms. The predicted molar refractivity (Wildman–Crippen MR) is 82.6 cm³/mol. The summed E-state index contributed by atoms with van der Waals surface area (Å²) >= 11 is 5.74. The third kappa shape index (κ3) is 2.50. The first-order valence-electron chi connectivity index (χ1n) is 7.64. The summed E-state index contributed by atoms with van der Waals surface area (Å²) in [7, 11) is 0. The van der Waals surface area contributed by atoms with E-state index in [0.717, 1.165) is 0 Å². The van der Waals surface area contributed by atoms with E-state index in [1.54, 1.807) is 6.92 Å². The average molecular weight is 361 g/mol. The molecule has 0 spiro atoms. The van der Waals surface area contributed by atoms with E-state index in [9.17, 15) is 23.1 Å². The van der Waals surface area contributed by atoms with Gasteiger partial charge in [-0.15, -0.1) is 0 Å². The van der Waals surface area contributed by atoms with Crippen molar-refractivity contribution in [2.75, 3.05) is 0 Å². The lowest BCUT2D eigenvalue weighted by molar-refractivity contribution is -0.312. The maximum Gasteiger partial charge on any atom is 0.439 e. The molecule has 1 aromatic carbocycles. The van der Waals surface area contributed by atoms with Crippen molar-refractivity contribution in [3.8, 4) is 0 Å². The molecule has 0 saturated heterocycles. The van der Waals surface area contributed by atoms with Crippen molar-refractivity contribution in [2.45, 2.75) is 38.1 Å². The number of carbonyl (C=O) groups excluding carboxylic acids is 1. The highest BCUT2D eigenvalue weighted by molar-refractivity contribution is 6.30. The molecule has 0 unspecified atom stereocenters. The largest absolute Gasteiger partial charge is 0.439 e. The van der Waals surface area contributed by atoms with Crippen LogP contribution in [0.4, 0.5) is 13.2 Å². The lowest BCUT2D eigenvalue weighted by atomic mass is 9.75. The van der Waals surface area contributed by atoms with Gasteiger partial charge in [-0.1, -0.05) is 24.9 Å². The minimum absolute atomic E-state index is 0.0160. The second kappa shape index (κ2) is 5.74. The molecule has 1 aromatic rings. The molecule has 0 bridgehead atoms. The average Bonchev–Trinajstić information content (AvgIpc) is 2.83. The standard InChI is InChI=1S/C16H16ClF3N2O2/c1-9-3-2-4-12-13(9)21-22(15(12,24)16(18,19)20)14(23)10-5-7-11(17)8-6-10/h5-9,12,24H,2-4H2,1H3/t9-,12+,15+/m1/s1. The highest BCUT2D eigenvalue weighted by Gasteiger charge is 2.69. The zero-order chi connectivity index (χ0) is 17.7. The van der Waals surface area contributed by atoms with Gasteiger partial charge in [-0.3, -0.25) is 4.79 Å². The number of halogens is 4. The Morgan fingerprint density at radius 1 is 1.33 bits per heavy atom. The monoisotopic (exact) mass is 360 g/mol. The molecule has 0 aromatic heterocycles. The van der Waals surface area contributed by atoms with Gasteiger partial charge in [0.25, 0.3) is 11.6 Å². The van der Waals surface area contributed by atoms with Crippen molar-refractivity contribution in [2.24, 2.45) is 16.9 Å². The molecular weight excluding hydrogens is 345 g/mol. The van der Waals surface area contributed by atoms with Crippen molar-refractivity contribution in [1.82, 2.24) is 5.01 Å². The molecular formula is C16H16ClF3N2O2. The number of rotatable bonds is 1. The molecule has 1 heterocycles. The highest BCUT2D eigenvalue weighted by Crippen LogP contribution is 2.49. The summed E-state index contributed by atoms with van der Waals surface area (Å²) in [4.78, 5) is 12.6. The van der Waals surface area contributed by atoms with Crippen LogP contribution in [-0.4, -0.2) is 33.6 Å². The first kappa shape index (κ1) is 17.2. The summed E-state index contributed by atoms with van der Waals surface area (Å²) in [5, 5.41) is 15.0. The summed E-state index contributed by atoms with van der Waals surface area (Å²) in [5.74, 6) is -2.43. The van der Waals surface area contributed by atoms with Gasteiger partial charge in [0.15, 0.2) is 0 Å². The van der Waals surface area contributed by atoms with Crippen LogP contribution in [0.25, 0.3) is 0 Å². The molecule has 1 N–H and O–H groups in total. The molecule has 4 nitrogen and oxygen atoms in total. The van der Waals surface area contributed by atoms with Gasteiger partial charge in [0.1, 0.15) is 0 Å². The third-order valence-electron chi connectivity index (χ3n) is 4.72. The summed E-state index contributed by atoms with van der Waals surface area (Å²) in [6, 6.07) is 5.43. The van der Waals surface area contributed by atoms with Crippen LogP contribution in [0, 0.1) is 11.8 Å². The van der Waals surface area contributed by atoms with Crippen LogP contribution >= 0.6 is 11.6 Å². The van der Waals surface area contributed by atoms with Crippen molar-refractivity contribution in [3.05, 3.63) is 34.9 Å². The lowest BCUT2D eigenvalue weighted by Crippen LogP contribution is -2.61. The third-order valence-corrected chi connectivity index (χ3v) is 4.97. The van der Waals surface area contributed by atoms with Gasteiger partial charge >= 0.3 is 6.18 Å². The number of hydrazone groups is 1. The number of hydrogen-bond acceptors (Lipinski definition) is 3. The molecule has 2 aliphatic rings. The Morgan fingerprint density at radius 2 is 1.96 bits per heavy atom. The molecule has 1 aliphatic heterocycles. The SMILES string of the molecule is C[C@@H]1CCC[C@H]2C1=NN(C(=O)c1ccc(Cl)cc1)[C@@]2(O)C(F)(F)F. The summed E-state index contributed by atoms with van der Waals surface area (Å²) < 4.78 is 41.1. The van der Waals surface area contributed by atoms with E-state index in [1.807, 2.05) is 0 Å². The fourth-order valence-electron chi connectivity index (χ4n) is 3.42. The van der Waals surface area contributed by atoms with Crippen LogP contribution < -0.4 is 0 Å². The number of carbonyl (C=O) groups is 1. The zero-order valence-electron chi connectivity index (χ0n) is 12.8. The van der Waals surface area contributed by atoms with Crippen LogP contribution in [0.2, 0.25) is 5.02 Å². The topological polar surface area (TPSA) is 52.9 Å². The van der Waals surface area contributed by atoms with E-state index in [0.29, 0.717) is 17.9 Å². The first-order valence-corrected chi connectivity index (χ1v) is 8.01. The number of nitrogens with zero attached hydrogens (tertiary/aromatic N) is 2. The lowest BCUT2D eigenvalue weighted by Gasteiger charge is -2.39. The maximum absolute atomic E-state index is 13.7. The zero-order valence-corrected chi connectivity index (χ0v) is 13.6. The van der Waals surface area contributed by atoms with E-state index in [4.69, 9.17) is 11.6 Å². The molecule has 130 valence electrons. The molecule has 8 heteroatoms. The Hall–Kier alpha value is -1.60. The molecule has 3 rings (SSSR count). The highest BCUT2D eigenvalue weighted by atomic mass is 35.5. The number of hydrogen-bond donors (Lipinski definition) is 1. The van der Waals surface area contributed by atoms with Crippen LogP contribution in [0.3, 0.4) is 0 Å². The maximum atomic E-state index is 13.7. The quantitative estimate of drug-likeness (QED) is 0.827. The smallest absolute Gasteiger partial charge is 0.362 e. The number of alkyl halides is 3. The van der Waals surface area contributed by atoms with Crippen LogP contribution in [-0.2, 0) is 0 Å².